The summed E-state index contributed by atoms with van der Waals surface area (Å²) in [7, 11) is 0. The van der Waals surface area contributed by atoms with Crippen molar-refractivity contribution in [2.24, 2.45) is 5.92 Å². The average molecular weight is 374 g/mol. The van der Waals surface area contributed by atoms with E-state index in [0.29, 0.717) is 11.4 Å². The molecule has 0 aromatic heterocycles. The summed E-state index contributed by atoms with van der Waals surface area (Å²) in [4.78, 5) is 24.4. The molecule has 0 spiro atoms. The first-order valence-corrected chi connectivity index (χ1v) is 8.76. The summed E-state index contributed by atoms with van der Waals surface area (Å²) in [6.07, 6.45) is 0.479. The van der Waals surface area contributed by atoms with Gasteiger partial charge in [-0.05, 0) is 55.2 Å². The number of hydrogen-bond acceptors (Lipinski definition) is 4. The summed E-state index contributed by atoms with van der Waals surface area (Å²) in [5.41, 5.74) is 3.53. The van der Waals surface area contributed by atoms with Crippen LogP contribution in [0.15, 0.2) is 36.4 Å². The van der Waals surface area contributed by atoms with Crippen LogP contribution in [0.3, 0.4) is 0 Å². The second-order valence-corrected chi connectivity index (χ2v) is 6.82. The van der Waals surface area contributed by atoms with E-state index in [1.165, 1.54) is 0 Å². The molecule has 5 nitrogen and oxygen atoms in total. The number of benzene rings is 2. The monoisotopic (exact) mass is 373 g/mol. The molecule has 136 valence electrons. The largest absolute Gasteiger partial charge is 0.492 e. The molecule has 0 fully saturated rings. The van der Waals surface area contributed by atoms with Crippen LogP contribution in [0.1, 0.15) is 16.7 Å². The molecule has 1 amide bonds. The van der Waals surface area contributed by atoms with Crippen LogP contribution in [0.4, 0.5) is 5.69 Å². The number of carbonyl (C=O) groups is 2. The molecular weight excluding hydrogens is 354 g/mol. The number of aryl methyl sites for hydroxylation is 2. The second-order valence-electron chi connectivity index (χ2n) is 6.39. The molecule has 3 rings (SSSR count). The topological polar surface area (TPSA) is 64.6 Å². The van der Waals surface area contributed by atoms with Crippen LogP contribution in [0.2, 0.25) is 5.02 Å². The number of para-hydroxylation sites is 1. The van der Waals surface area contributed by atoms with E-state index in [1.807, 2.05) is 32.0 Å². The van der Waals surface area contributed by atoms with Crippen molar-refractivity contribution >= 4 is 29.2 Å². The summed E-state index contributed by atoms with van der Waals surface area (Å²) < 4.78 is 10.8. The molecule has 1 aliphatic rings. The number of fused-ring (bicyclic) bond motifs is 1. The smallest absolute Gasteiger partial charge is 0.313 e. The van der Waals surface area contributed by atoms with Gasteiger partial charge in [0.25, 0.3) is 5.91 Å². The normalized spacial score (nSPS) is 15.6. The number of amides is 1. The van der Waals surface area contributed by atoms with E-state index in [1.54, 1.807) is 18.2 Å². The molecule has 0 bridgehead atoms. The van der Waals surface area contributed by atoms with Crippen molar-refractivity contribution in [2.45, 2.75) is 20.3 Å². The predicted octanol–water partition coefficient (Wildman–Crippen LogP) is 3.69. The van der Waals surface area contributed by atoms with Crippen LogP contribution in [0.25, 0.3) is 0 Å². The van der Waals surface area contributed by atoms with Gasteiger partial charge in [-0.25, -0.2) is 0 Å². The van der Waals surface area contributed by atoms with Crippen LogP contribution in [-0.2, 0) is 20.7 Å². The SMILES string of the molecule is Cc1cccc(C)c1NC(=O)COC(=O)[C@@H]1COc2ccc(Cl)cc2C1. The van der Waals surface area contributed by atoms with E-state index in [4.69, 9.17) is 21.1 Å². The van der Waals surface area contributed by atoms with Crippen LogP contribution in [-0.4, -0.2) is 25.1 Å². The maximum absolute atomic E-state index is 12.3. The molecule has 1 aliphatic heterocycles. The summed E-state index contributed by atoms with van der Waals surface area (Å²) in [6, 6.07) is 11.1. The fraction of sp³-hybridized carbons (Fsp3) is 0.300. The zero-order valence-corrected chi connectivity index (χ0v) is 15.4. The van der Waals surface area contributed by atoms with E-state index in [2.05, 4.69) is 5.32 Å². The van der Waals surface area contributed by atoms with Gasteiger partial charge in [-0.2, -0.15) is 0 Å². The number of halogens is 1. The van der Waals surface area contributed by atoms with Gasteiger partial charge >= 0.3 is 5.97 Å². The van der Waals surface area contributed by atoms with Gasteiger partial charge < -0.3 is 14.8 Å². The standard InChI is InChI=1S/C20H20ClNO4/c1-12-4-3-5-13(2)19(12)22-18(23)11-26-20(24)15-8-14-9-16(21)6-7-17(14)25-10-15/h3-7,9,15H,8,10-11H2,1-2H3,(H,22,23)/t15-/m0/s1. The van der Waals surface area contributed by atoms with Gasteiger partial charge in [-0.3, -0.25) is 9.59 Å². The minimum absolute atomic E-state index is 0.228. The van der Waals surface area contributed by atoms with Crippen molar-refractivity contribution in [1.29, 1.82) is 0 Å². The van der Waals surface area contributed by atoms with Gasteiger partial charge in [-0.1, -0.05) is 29.8 Å². The maximum Gasteiger partial charge on any atom is 0.313 e. The van der Waals surface area contributed by atoms with E-state index >= 15 is 0 Å². The van der Waals surface area contributed by atoms with E-state index < -0.39 is 11.9 Å². The Kier molecular flexibility index (Phi) is 5.47. The zero-order valence-electron chi connectivity index (χ0n) is 14.7. The van der Waals surface area contributed by atoms with Crippen LogP contribution < -0.4 is 10.1 Å². The van der Waals surface area contributed by atoms with Crippen molar-refractivity contribution < 1.29 is 19.1 Å². The van der Waals surface area contributed by atoms with Crippen molar-refractivity contribution in [2.75, 3.05) is 18.5 Å². The maximum atomic E-state index is 12.3. The highest BCUT2D eigenvalue weighted by molar-refractivity contribution is 6.30. The number of anilines is 1. The first kappa shape index (κ1) is 18.3. The van der Waals surface area contributed by atoms with E-state index in [0.717, 1.165) is 28.1 Å². The van der Waals surface area contributed by atoms with Gasteiger partial charge in [0.05, 0.1) is 5.92 Å². The summed E-state index contributed by atoms with van der Waals surface area (Å²) in [5, 5.41) is 3.39. The lowest BCUT2D eigenvalue weighted by atomic mass is 9.97. The summed E-state index contributed by atoms with van der Waals surface area (Å²) in [5.74, 6) is -0.539. The molecule has 6 heteroatoms. The first-order chi connectivity index (χ1) is 12.4. The molecule has 1 heterocycles. The first-order valence-electron chi connectivity index (χ1n) is 8.38. The second kappa shape index (κ2) is 7.79. The lowest BCUT2D eigenvalue weighted by Crippen LogP contribution is -2.32. The van der Waals surface area contributed by atoms with Crippen molar-refractivity contribution in [3.8, 4) is 5.75 Å². The summed E-state index contributed by atoms with van der Waals surface area (Å²) in [6.45, 7) is 3.73. The van der Waals surface area contributed by atoms with Crippen molar-refractivity contribution in [3.63, 3.8) is 0 Å². The predicted molar refractivity (Wildman–Crippen MR) is 99.6 cm³/mol. The molecule has 1 atom stereocenters. The molecule has 2 aromatic rings. The molecular formula is C20H20ClNO4. The van der Waals surface area contributed by atoms with Crippen LogP contribution in [0.5, 0.6) is 5.75 Å². The summed E-state index contributed by atoms with van der Waals surface area (Å²) >= 11 is 5.98. The highest BCUT2D eigenvalue weighted by atomic mass is 35.5. The Hall–Kier alpha value is -2.53. The lowest BCUT2D eigenvalue weighted by molar-refractivity contribution is -0.152. The molecule has 1 N–H and O–H groups in total. The fourth-order valence-electron chi connectivity index (χ4n) is 2.96. The number of esters is 1. The molecule has 0 radical (unpaired) electrons. The Labute approximate surface area is 157 Å². The third-order valence-electron chi connectivity index (χ3n) is 4.35. The average Bonchev–Trinajstić information content (AvgIpc) is 2.62. The Bertz CT molecular complexity index is 829. The fourth-order valence-corrected chi connectivity index (χ4v) is 3.15. The van der Waals surface area contributed by atoms with Gasteiger partial charge in [0.1, 0.15) is 12.4 Å². The number of carbonyl (C=O) groups excluding carboxylic acids is 2. The molecule has 2 aromatic carbocycles. The number of hydrogen-bond donors (Lipinski definition) is 1. The number of rotatable bonds is 4. The van der Waals surface area contributed by atoms with Crippen LogP contribution >= 0.6 is 11.6 Å². The number of ether oxygens (including phenoxy) is 2. The highest BCUT2D eigenvalue weighted by Gasteiger charge is 2.28. The Balaban J connectivity index is 1.55. The van der Waals surface area contributed by atoms with Gasteiger partial charge in [0.2, 0.25) is 0 Å². The zero-order chi connectivity index (χ0) is 18.7. The third-order valence-corrected chi connectivity index (χ3v) is 4.59. The van der Waals surface area contributed by atoms with Crippen molar-refractivity contribution in [3.05, 3.63) is 58.1 Å². The lowest BCUT2D eigenvalue weighted by Gasteiger charge is -2.24. The Morgan fingerprint density at radius 3 is 2.69 bits per heavy atom. The minimum Gasteiger partial charge on any atom is -0.492 e. The van der Waals surface area contributed by atoms with Gasteiger partial charge in [0.15, 0.2) is 6.61 Å². The van der Waals surface area contributed by atoms with E-state index in [-0.39, 0.29) is 19.1 Å². The van der Waals surface area contributed by atoms with E-state index in [9.17, 15) is 9.59 Å². The van der Waals surface area contributed by atoms with Crippen molar-refractivity contribution in [1.82, 2.24) is 0 Å². The Morgan fingerprint density at radius 2 is 1.96 bits per heavy atom. The van der Waals surface area contributed by atoms with Crippen LogP contribution in [0, 0.1) is 19.8 Å². The highest BCUT2D eigenvalue weighted by Crippen LogP contribution is 2.30. The molecule has 0 unspecified atom stereocenters. The molecule has 0 aliphatic carbocycles. The molecule has 0 saturated carbocycles. The number of nitrogens with one attached hydrogen (secondary N) is 1. The van der Waals surface area contributed by atoms with Gasteiger partial charge in [0, 0.05) is 10.7 Å². The van der Waals surface area contributed by atoms with Gasteiger partial charge in [-0.15, -0.1) is 0 Å². The third kappa shape index (κ3) is 4.17. The minimum atomic E-state index is -0.452. The molecule has 0 saturated heterocycles. The quantitative estimate of drug-likeness (QED) is 0.830. The Morgan fingerprint density at radius 1 is 1.23 bits per heavy atom. The molecule has 26 heavy (non-hydrogen) atoms.